The summed E-state index contributed by atoms with van der Waals surface area (Å²) < 4.78 is 5.73. The quantitative estimate of drug-likeness (QED) is 0.198. The predicted molar refractivity (Wildman–Crippen MR) is 120 cm³/mol. The number of anilines is 1. The number of rotatable bonds is 8. The van der Waals surface area contributed by atoms with Gasteiger partial charge in [0.15, 0.2) is 0 Å². The van der Waals surface area contributed by atoms with Crippen molar-refractivity contribution in [2.24, 2.45) is 16.1 Å². The molecule has 1 aromatic carbocycles. The van der Waals surface area contributed by atoms with Crippen LogP contribution in [-0.2, 0) is 0 Å². The van der Waals surface area contributed by atoms with E-state index in [1.165, 1.54) is 0 Å². The number of benzene rings is 1. The van der Waals surface area contributed by atoms with Gasteiger partial charge in [0.25, 0.3) is 0 Å². The molecule has 4 N–H and O–H groups in total. The Morgan fingerprint density at radius 1 is 1.21 bits per heavy atom. The number of allylic oxidation sites excluding steroid dienone is 3. The molecule has 6 heteroatoms. The van der Waals surface area contributed by atoms with Gasteiger partial charge in [-0.2, -0.15) is 0 Å². The van der Waals surface area contributed by atoms with Gasteiger partial charge in [0.2, 0.25) is 0 Å². The molecule has 0 saturated heterocycles. The molecule has 0 aliphatic heterocycles. The van der Waals surface area contributed by atoms with Gasteiger partial charge < -0.3 is 20.8 Å². The molecule has 0 bridgehead atoms. The summed E-state index contributed by atoms with van der Waals surface area (Å²) in [5.41, 5.74) is 9.20. The first-order chi connectivity index (χ1) is 13.9. The average molecular weight is 400 g/mol. The van der Waals surface area contributed by atoms with E-state index in [0.29, 0.717) is 23.8 Å². The van der Waals surface area contributed by atoms with Gasteiger partial charge in [-0.15, -0.1) is 0 Å². The van der Waals surface area contributed by atoms with Crippen LogP contribution in [0.25, 0.3) is 6.08 Å². The van der Waals surface area contributed by atoms with Crippen molar-refractivity contribution in [1.82, 2.24) is 0 Å². The fraction of sp³-hybridized carbons (Fsp3) is 0.478. The van der Waals surface area contributed by atoms with E-state index in [1.54, 1.807) is 6.08 Å². The van der Waals surface area contributed by atoms with Gasteiger partial charge in [0.05, 0.1) is 24.5 Å². The average Bonchev–Trinajstić information content (AvgIpc) is 2.69. The van der Waals surface area contributed by atoms with E-state index in [4.69, 9.17) is 15.7 Å². The van der Waals surface area contributed by atoms with E-state index in [1.807, 2.05) is 57.3 Å². The molecule has 0 unspecified atom stereocenters. The minimum atomic E-state index is -0.186. The molecule has 6 nitrogen and oxygen atoms in total. The lowest BCUT2D eigenvalue weighted by atomic mass is 9.93. The van der Waals surface area contributed by atoms with Crippen molar-refractivity contribution >= 4 is 23.7 Å². The molecule has 0 amide bonds. The fourth-order valence-electron chi connectivity index (χ4n) is 3.20. The number of aliphatic hydroxyl groups excluding tert-OH is 1. The minimum Gasteiger partial charge on any atom is -0.493 e. The van der Waals surface area contributed by atoms with E-state index in [9.17, 15) is 5.11 Å². The zero-order valence-electron chi connectivity index (χ0n) is 17.6. The Kier molecular flexibility index (Phi) is 8.93. The Morgan fingerprint density at radius 3 is 2.55 bits per heavy atom. The Hall–Kier alpha value is -2.60. The van der Waals surface area contributed by atoms with Crippen LogP contribution < -0.4 is 10.5 Å². The van der Waals surface area contributed by atoms with Gasteiger partial charge >= 0.3 is 0 Å². The van der Waals surface area contributed by atoms with Crippen LogP contribution in [0.2, 0.25) is 0 Å². The highest BCUT2D eigenvalue weighted by atomic mass is 16.5. The molecule has 1 saturated carbocycles. The van der Waals surface area contributed by atoms with Gasteiger partial charge in [-0.3, -0.25) is 4.99 Å². The smallest absolute Gasteiger partial charge is 0.128 e. The topological polar surface area (TPSA) is 100 Å². The fourth-order valence-corrected chi connectivity index (χ4v) is 3.20. The third-order valence-electron chi connectivity index (χ3n) is 4.97. The largest absolute Gasteiger partial charge is 0.493 e. The molecule has 1 fully saturated rings. The molecule has 1 aliphatic carbocycles. The monoisotopic (exact) mass is 399 g/mol. The molecule has 29 heavy (non-hydrogen) atoms. The summed E-state index contributed by atoms with van der Waals surface area (Å²) in [6.07, 6.45) is 12.5. The summed E-state index contributed by atoms with van der Waals surface area (Å²) in [5.74, 6) is 0.858. The van der Waals surface area contributed by atoms with Crippen LogP contribution in [0.5, 0.6) is 5.75 Å². The minimum absolute atomic E-state index is 0.142. The van der Waals surface area contributed by atoms with Crippen LogP contribution in [-0.4, -0.2) is 41.0 Å². The van der Waals surface area contributed by atoms with Crippen molar-refractivity contribution in [3.05, 3.63) is 41.5 Å². The SMILES string of the molecule is CCOc1cc(N)c(C=NC2CCC(O)CC2)cc1/C=C/C=C\C(=N\O)C(C)C. The highest BCUT2D eigenvalue weighted by molar-refractivity contribution is 5.96. The second kappa shape index (κ2) is 11.4. The summed E-state index contributed by atoms with van der Waals surface area (Å²) in [4.78, 5) is 4.68. The molecule has 0 aromatic heterocycles. The second-order valence-corrected chi connectivity index (χ2v) is 7.59. The normalized spacial score (nSPS) is 21.1. The number of aliphatic imine (C=N–C) groups is 1. The van der Waals surface area contributed by atoms with Crippen LogP contribution in [0.3, 0.4) is 0 Å². The molecule has 0 spiro atoms. The number of nitrogens with zero attached hydrogens (tertiary/aromatic N) is 2. The third kappa shape index (κ3) is 7.06. The Bertz CT molecular complexity index is 774. The second-order valence-electron chi connectivity index (χ2n) is 7.59. The van der Waals surface area contributed by atoms with Gasteiger partial charge in [-0.1, -0.05) is 37.2 Å². The van der Waals surface area contributed by atoms with E-state index in [0.717, 1.165) is 36.8 Å². The summed E-state index contributed by atoms with van der Waals surface area (Å²) in [7, 11) is 0. The lowest BCUT2D eigenvalue weighted by Gasteiger charge is -2.22. The van der Waals surface area contributed by atoms with Crippen molar-refractivity contribution in [3.8, 4) is 5.75 Å². The van der Waals surface area contributed by atoms with E-state index in [-0.39, 0.29) is 18.1 Å². The predicted octanol–water partition coefficient (Wildman–Crippen LogP) is 4.45. The molecule has 0 atom stereocenters. The van der Waals surface area contributed by atoms with Crippen LogP contribution in [0.1, 0.15) is 57.6 Å². The Morgan fingerprint density at radius 2 is 1.93 bits per heavy atom. The zero-order valence-corrected chi connectivity index (χ0v) is 17.6. The molecule has 158 valence electrons. The first-order valence-corrected chi connectivity index (χ1v) is 10.3. The molecule has 0 radical (unpaired) electrons. The highest BCUT2D eigenvalue weighted by Gasteiger charge is 2.18. The molecular weight excluding hydrogens is 366 g/mol. The maximum atomic E-state index is 9.64. The standard InChI is InChI=1S/C23H33N3O3/c1-4-29-23-14-21(24)18(15-25-19-9-11-20(27)12-10-19)13-17(23)7-5-6-8-22(26-28)16(2)3/h5-8,13-16,19-20,27-28H,4,9-12,24H2,1-3H3/b7-5+,8-6-,25-15?,26-22-. The molecule has 1 aromatic rings. The maximum absolute atomic E-state index is 9.64. The summed E-state index contributed by atoms with van der Waals surface area (Å²) in [6, 6.07) is 4.03. The molecule has 0 heterocycles. The van der Waals surface area contributed by atoms with E-state index < -0.39 is 0 Å². The van der Waals surface area contributed by atoms with Gasteiger partial charge in [-0.05, 0) is 50.7 Å². The summed E-state index contributed by atoms with van der Waals surface area (Å²) >= 11 is 0. The number of oxime groups is 1. The highest BCUT2D eigenvalue weighted by Crippen LogP contribution is 2.27. The Labute approximate surface area is 173 Å². The summed E-state index contributed by atoms with van der Waals surface area (Å²) in [5, 5.41) is 22.0. The van der Waals surface area contributed by atoms with Gasteiger partial charge in [0, 0.05) is 29.1 Å². The number of hydrogen-bond acceptors (Lipinski definition) is 6. The van der Waals surface area contributed by atoms with Crippen LogP contribution >= 0.6 is 0 Å². The van der Waals surface area contributed by atoms with E-state index >= 15 is 0 Å². The van der Waals surface area contributed by atoms with E-state index in [2.05, 4.69) is 10.1 Å². The van der Waals surface area contributed by atoms with Crippen LogP contribution in [0, 0.1) is 5.92 Å². The number of aliphatic hydroxyl groups is 1. The van der Waals surface area contributed by atoms with Gasteiger partial charge in [0.1, 0.15) is 5.75 Å². The summed E-state index contributed by atoms with van der Waals surface area (Å²) in [6.45, 7) is 6.41. The van der Waals surface area contributed by atoms with Crippen molar-refractivity contribution < 1.29 is 15.1 Å². The van der Waals surface area contributed by atoms with Crippen molar-refractivity contribution in [1.29, 1.82) is 0 Å². The number of hydrogen-bond donors (Lipinski definition) is 3. The number of nitrogens with two attached hydrogens (primary N) is 1. The van der Waals surface area contributed by atoms with Crippen LogP contribution in [0.15, 0.2) is 40.5 Å². The lowest BCUT2D eigenvalue weighted by Crippen LogP contribution is -2.20. The first-order valence-electron chi connectivity index (χ1n) is 10.3. The first kappa shape index (κ1) is 22.7. The third-order valence-corrected chi connectivity index (χ3v) is 4.97. The van der Waals surface area contributed by atoms with Crippen LogP contribution in [0.4, 0.5) is 5.69 Å². The molecule has 1 aliphatic rings. The van der Waals surface area contributed by atoms with Crippen molar-refractivity contribution in [2.45, 2.75) is 58.6 Å². The lowest BCUT2D eigenvalue weighted by molar-refractivity contribution is 0.123. The number of nitrogen functional groups attached to an aromatic ring is 1. The van der Waals surface area contributed by atoms with Crippen molar-refractivity contribution in [3.63, 3.8) is 0 Å². The molecular formula is C23H33N3O3. The maximum Gasteiger partial charge on any atom is 0.128 e. The molecule has 2 rings (SSSR count). The zero-order chi connectivity index (χ0) is 21.2. The Balaban J connectivity index is 2.20. The van der Waals surface area contributed by atoms with Crippen molar-refractivity contribution in [2.75, 3.05) is 12.3 Å². The van der Waals surface area contributed by atoms with Gasteiger partial charge in [-0.25, -0.2) is 0 Å². The number of ether oxygens (including phenoxy) is 1.